The van der Waals surface area contributed by atoms with Gasteiger partial charge in [0.05, 0.1) is 6.61 Å². The van der Waals surface area contributed by atoms with Crippen LogP contribution < -0.4 is 0 Å². The van der Waals surface area contributed by atoms with Crippen molar-refractivity contribution in [1.82, 2.24) is 0 Å². The summed E-state index contributed by atoms with van der Waals surface area (Å²) in [4.78, 5) is 10.4. The summed E-state index contributed by atoms with van der Waals surface area (Å²) in [7, 11) is 0. The molecule has 0 radical (unpaired) electrons. The molecule has 0 spiro atoms. The molecule has 0 bridgehead atoms. The van der Waals surface area contributed by atoms with Crippen molar-refractivity contribution in [1.29, 1.82) is 0 Å². The summed E-state index contributed by atoms with van der Waals surface area (Å²) in [6.45, 7) is 9.01. The lowest BCUT2D eigenvalue weighted by Gasteiger charge is -2.29. The molecule has 0 aliphatic rings. The van der Waals surface area contributed by atoms with E-state index in [0.717, 1.165) is 19.3 Å². The molecule has 0 amide bonds. The van der Waals surface area contributed by atoms with Gasteiger partial charge in [0.15, 0.2) is 0 Å². The van der Waals surface area contributed by atoms with Gasteiger partial charge in [0.25, 0.3) is 0 Å². The molecular weight excluding hydrogens is 276 g/mol. The second-order valence-corrected chi connectivity index (χ2v) is 6.38. The smallest absolute Gasteiger partial charge is 0.106 e. The van der Waals surface area contributed by atoms with Gasteiger partial charge < -0.3 is 0 Å². The van der Waals surface area contributed by atoms with Crippen LogP contribution >= 0.6 is 0 Å². The molecule has 0 N–H and O–H groups in total. The van der Waals surface area contributed by atoms with Crippen molar-refractivity contribution in [3.8, 4) is 0 Å². The third kappa shape index (κ3) is 11.4. The topological polar surface area (TPSA) is 27.7 Å². The third-order valence-electron chi connectivity index (χ3n) is 4.65. The number of unbranched alkanes of at least 4 members (excludes halogenated alkanes) is 9. The fourth-order valence-electron chi connectivity index (χ4n) is 2.84. The van der Waals surface area contributed by atoms with E-state index in [1.165, 1.54) is 64.2 Å². The monoisotopic (exact) mass is 316 g/mol. The SMILES string of the molecule is CCCCCCCCCCCCC(CC)(CC)OOOCC. The van der Waals surface area contributed by atoms with Gasteiger partial charge in [0.1, 0.15) is 5.60 Å². The third-order valence-corrected chi connectivity index (χ3v) is 4.65. The van der Waals surface area contributed by atoms with Gasteiger partial charge in [0, 0.05) is 0 Å². The van der Waals surface area contributed by atoms with E-state index in [0.29, 0.717) is 6.61 Å². The Bertz CT molecular complexity index is 215. The van der Waals surface area contributed by atoms with E-state index in [2.05, 4.69) is 20.8 Å². The summed E-state index contributed by atoms with van der Waals surface area (Å²) in [5.41, 5.74) is -0.171. The van der Waals surface area contributed by atoms with Crippen molar-refractivity contribution in [3.05, 3.63) is 0 Å². The van der Waals surface area contributed by atoms with Crippen LogP contribution in [0.5, 0.6) is 0 Å². The zero-order valence-electron chi connectivity index (χ0n) is 15.6. The zero-order chi connectivity index (χ0) is 16.5. The van der Waals surface area contributed by atoms with Gasteiger partial charge in [-0.25, -0.2) is 4.89 Å². The van der Waals surface area contributed by atoms with E-state index in [4.69, 9.17) is 14.8 Å². The Morgan fingerprint density at radius 3 is 1.59 bits per heavy atom. The maximum absolute atomic E-state index is 5.53. The normalized spacial score (nSPS) is 12.0. The van der Waals surface area contributed by atoms with Gasteiger partial charge in [-0.3, -0.25) is 0 Å². The lowest BCUT2D eigenvalue weighted by atomic mass is 9.90. The molecule has 0 aliphatic carbocycles. The largest absolute Gasteiger partial charge is 0.206 e. The van der Waals surface area contributed by atoms with Crippen LogP contribution in [0.3, 0.4) is 0 Å². The van der Waals surface area contributed by atoms with Gasteiger partial charge in [-0.05, 0) is 26.2 Å². The Kier molecular flexibility index (Phi) is 15.7. The summed E-state index contributed by atoms with van der Waals surface area (Å²) in [5, 5.41) is 4.87. The molecule has 0 aromatic carbocycles. The summed E-state index contributed by atoms with van der Waals surface area (Å²) in [6.07, 6.45) is 16.6. The highest BCUT2D eigenvalue weighted by Gasteiger charge is 2.28. The molecule has 0 unspecified atom stereocenters. The van der Waals surface area contributed by atoms with Gasteiger partial charge >= 0.3 is 0 Å². The zero-order valence-corrected chi connectivity index (χ0v) is 15.6. The fourth-order valence-corrected chi connectivity index (χ4v) is 2.84. The highest BCUT2D eigenvalue weighted by Crippen LogP contribution is 2.28. The maximum Gasteiger partial charge on any atom is 0.106 e. The second-order valence-electron chi connectivity index (χ2n) is 6.38. The maximum atomic E-state index is 5.53. The average Bonchev–Trinajstić information content (AvgIpc) is 2.55. The lowest BCUT2D eigenvalue weighted by Crippen LogP contribution is -2.31. The summed E-state index contributed by atoms with van der Waals surface area (Å²) >= 11 is 0. The molecule has 0 saturated carbocycles. The number of rotatable bonds is 17. The van der Waals surface area contributed by atoms with E-state index in [9.17, 15) is 0 Å². The predicted molar refractivity (Wildman–Crippen MR) is 93.6 cm³/mol. The molecule has 0 heterocycles. The van der Waals surface area contributed by atoms with Crippen molar-refractivity contribution in [2.24, 2.45) is 0 Å². The average molecular weight is 317 g/mol. The fraction of sp³-hybridized carbons (Fsp3) is 1.00. The minimum Gasteiger partial charge on any atom is -0.206 e. The minimum atomic E-state index is -0.171. The molecule has 22 heavy (non-hydrogen) atoms. The first-order valence-corrected chi connectivity index (χ1v) is 9.72. The van der Waals surface area contributed by atoms with Crippen LogP contribution in [-0.2, 0) is 14.8 Å². The molecule has 0 fully saturated rings. The number of hydrogen-bond donors (Lipinski definition) is 0. The summed E-state index contributed by atoms with van der Waals surface area (Å²) in [5.74, 6) is 0. The molecule has 0 saturated heterocycles. The van der Waals surface area contributed by atoms with Crippen LogP contribution in [-0.4, -0.2) is 12.2 Å². The van der Waals surface area contributed by atoms with Gasteiger partial charge in [-0.1, -0.05) is 90.0 Å². The van der Waals surface area contributed by atoms with E-state index in [1.807, 2.05) is 6.92 Å². The van der Waals surface area contributed by atoms with Crippen molar-refractivity contribution in [3.63, 3.8) is 0 Å². The van der Waals surface area contributed by atoms with Crippen LogP contribution in [0.4, 0.5) is 0 Å². The van der Waals surface area contributed by atoms with Crippen molar-refractivity contribution in [2.45, 2.75) is 117 Å². The first-order valence-electron chi connectivity index (χ1n) is 9.72. The summed E-state index contributed by atoms with van der Waals surface area (Å²) in [6, 6.07) is 0. The Morgan fingerprint density at radius 2 is 1.14 bits per heavy atom. The van der Waals surface area contributed by atoms with Crippen LogP contribution in [0, 0.1) is 0 Å². The van der Waals surface area contributed by atoms with Crippen molar-refractivity contribution in [2.75, 3.05) is 6.61 Å². The molecule has 0 aliphatic heterocycles. The highest BCUT2D eigenvalue weighted by atomic mass is 17.5. The van der Waals surface area contributed by atoms with Crippen molar-refractivity contribution < 1.29 is 14.8 Å². The molecule has 3 nitrogen and oxygen atoms in total. The van der Waals surface area contributed by atoms with E-state index >= 15 is 0 Å². The quantitative estimate of drug-likeness (QED) is 0.169. The minimum absolute atomic E-state index is 0.171. The van der Waals surface area contributed by atoms with Crippen LogP contribution in [0.15, 0.2) is 0 Å². The van der Waals surface area contributed by atoms with Crippen LogP contribution in [0.25, 0.3) is 0 Å². The first kappa shape index (κ1) is 21.9. The highest BCUT2D eigenvalue weighted by molar-refractivity contribution is 4.76. The molecular formula is C19H40O3. The van der Waals surface area contributed by atoms with E-state index in [-0.39, 0.29) is 5.60 Å². The van der Waals surface area contributed by atoms with Crippen LogP contribution in [0.1, 0.15) is 111 Å². The molecule has 0 aromatic rings. The first-order chi connectivity index (χ1) is 10.7. The molecule has 0 rings (SSSR count). The Labute approximate surface area is 139 Å². The standard InChI is InChI=1S/C19H40O3/c1-5-9-10-11-12-13-14-15-16-17-18-19(6-2,7-3)21-22-20-8-4/h5-18H2,1-4H3. The predicted octanol–water partition coefficient (Wildman–Crippen LogP) is 6.76. The molecule has 0 aromatic heterocycles. The number of hydrogen-bond acceptors (Lipinski definition) is 3. The Morgan fingerprint density at radius 1 is 0.636 bits per heavy atom. The molecule has 3 heteroatoms. The Hall–Kier alpha value is -0.120. The van der Waals surface area contributed by atoms with E-state index < -0.39 is 0 Å². The van der Waals surface area contributed by atoms with Gasteiger partial charge in [0.2, 0.25) is 0 Å². The summed E-state index contributed by atoms with van der Waals surface area (Å²) < 4.78 is 0. The van der Waals surface area contributed by atoms with E-state index in [1.54, 1.807) is 0 Å². The molecule has 0 atom stereocenters. The second kappa shape index (κ2) is 15.8. The Balaban J connectivity index is 3.59. The van der Waals surface area contributed by atoms with Gasteiger partial charge in [-0.2, -0.15) is 4.89 Å². The van der Waals surface area contributed by atoms with Gasteiger partial charge in [-0.15, -0.1) is 0 Å². The molecule has 134 valence electrons. The van der Waals surface area contributed by atoms with Crippen LogP contribution in [0.2, 0.25) is 0 Å². The van der Waals surface area contributed by atoms with Crippen molar-refractivity contribution >= 4 is 0 Å². The lowest BCUT2D eigenvalue weighted by molar-refractivity contribution is -0.544.